The fourth-order valence-electron chi connectivity index (χ4n) is 2.02. The number of benzene rings is 2. The van der Waals surface area contributed by atoms with Gasteiger partial charge in [-0.3, -0.25) is 4.79 Å². The van der Waals surface area contributed by atoms with Crippen LogP contribution in [0, 0.1) is 0 Å². The number of halogens is 1. The van der Waals surface area contributed by atoms with Crippen LogP contribution in [-0.4, -0.2) is 5.91 Å². The molecule has 3 heteroatoms. The molecule has 22 heavy (non-hydrogen) atoms. The maximum absolute atomic E-state index is 11.9. The predicted molar refractivity (Wildman–Crippen MR) is 96.9 cm³/mol. The van der Waals surface area contributed by atoms with Crippen LogP contribution in [0.25, 0.3) is 6.08 Å². The van der Waals surface area contributed by atoms with Gasteiger partial charge >= 0.3 is 0 Å². The van der Waals surface area contributed by atoms with Crippen LogP contribution in [0.2, 0.25) is 0 Å². The topological polar surface area (TPSA) is 29.1 Å². The summed E-state index contributed by atoms with van der Waals surface area (Å²) in [7, 11) is 0. The zero-order valence-electron chi connectivity index (χ0n) is 13.1. The molecule has 0 radical (unpaired) electrons. The first kappa shape index (κ1) is 16.5. The zero-order valence-corrected chi connectivity index (χ0v) is 14.6. The average molecular weight is 358 g/mol. The van der Waals surface area contributed by atoms with E-state index < -0.39 is 0 Å². The minimum Gasteiger partial charge on any atom is -0.322 e. The molecule has 2 aromatic carbocycles. The van der Waals surface area contributed by atoms with Gasteiger partial charge in [-0.2, -0.15) is 0 Å². The van der Waals surface area contributed by atoms with Crippen LogP contribution in [0.3, 0.4) is 0 Å². The lowest BCUT2D eigenvalue weighted by Crippen LogP contribution is -2.10. The monoisotopic (exact) mass is 357 g/mol. The van der Waals surface area contributed by atoms with Crippen molar-refractivity contribution in [3.8, 4) is 0 Å². The quantitative estimate of drug-likeness (QED) is 0.732. The molecule has 0 bridgehead atoms. The average Bonchev–Trinajstić information content (AvgIpc) is 2.45. The lowest BCUT2D eigenvalue weighted by molar-refractivity contribution is -0.111. The number of hydrogen-bond acceptors (Lipinski definition) is 1. The van der Waals surface area contributed by atoms with E-state index in [1.54, 1.807) is 6.08 Å². The molecule has 2 aromatic rings. The molecule has 1 amide bonds. The van der Waals surface area contributed by atoms with Crippen molar-refractivity contribution in [3.05, 3.63) is 70.2 Å². The van der Waals surface area contributed by atoms with E-state index in [1.807, 2.05) is 42.5 Å². The normalized spacial score (nSPS) is 11.6. The molecular weight excluding hydrogens is 338 g/mol. The number of anilines is 1. The van der Waals surface area contributed by atoms with Gasteiger partial charge in [-0.1, -0.05) is 67.0 Å². The predicted octanol–water partition coefficient (Wildman–Crippen LogP) is 5.40. The molecule has 0 unspecified atom stereocenters. The van der Waals surface area contributed by atoms with Crippen LogP contribution < -0.4 is 5.32 Å². The van der Waals surface area contributed by atoms with E-state index in [0.717, 1.165) is 15.7 Å². The van der Waals surface area contributed by atoms with Gasteiger partial charge in [0.2, 0.25) is 5.91 Å². The van der Waals surface area contributed by atoms with Crippen LogP contribution in [0.15, 0.2) is 59.1 Å². The maximum Gasteiger partial charge on any atom is 0.248 e. The van der Waals surface area contributed by atoms with Crippen LogP contribution in [0.5, 0.6) is 0 Å². The van der Waals surface area contributed by atoms with Gasteiger partial charge < -0.3 is 5.32 Å². The molecule has 0 aliphatic rings. The van der Waals surface area contributed by atoms with E-state index in [1.165, 1.54) is 5.56 Å². The molecule has 2 rings (SSSR count). The van der Waals surface area contributed by atoms with Crippen LogP contribution >= 0.6 is 15.9 Å². The number of carbonyl (C=O) groups is 1. The van der Waals surface area contributed by atoms with Crippen molar-refractivity contribution in [2.75, 3.05) is 5.32 Å². The highest BCUT2D eigenvalue weighted by atomic mass is 79.9. The SMILES string of the molecule is CC(C)(C)c1ccc(/C=C/C(=O)Nc2cccc(Br)c2)cc1. The Morgan fingerprint density at radius 2 is 1.77 bits per heavy atom. The maximum atomic E-state index is 11.9. The van der Waals surface area contributed by atoms with Crippen LogP contribution in [0.1, 0.15) is 31.9 Å². The molecule has 0 aliphatic carbocycles. The van der Waals surface area contributed by atoms with E-state index in [4.69, 9.17) is 0 Å². The minimum absolute atomic E-state index is 0.139. The molecule has 0 saturated carbocycles. The minimum atomic E-state index is -0.141. The van der Waals surface area contributed by atoms with Gasteiger partial charge in [-0.25, -0.2) is 0 Å². The molecule has 0 atom stereocenters. The molecule has 0 saturated heterocycles. The Kier molecular flexibility index (Phi) is 5.19. The Morgan fingerprint density at radius 3 is 2.36 bits per heavy atom. The second kappa shape index (κ2) is 6.93. The van der Waals surface area contributed by atoms with E-state index in [-0.39, 0.29) is 11.3 Å². The zero-order chi connectivity index (χ0) is 16.2. The third kappa shape index (κ3) is 4.85. The summed E-state index contributed by atoms with van der Waals surface area (Å²) < 4.78 is 0.937. The van der Waals surface area contributed by atoms with E-state index in [9.17, 15) is 4.79 Å². The summed E-state index contributed by atoms with van der Waals surface area (Å²) in [5, 5.41) is 2.83. The molecule has 0 heterocycles. The third-order valence-corrected chi connectivity index (χ3v) is 3.79. The van der Waals surface area contributed by atoms with E-state index >= 15 is 0 Å². The number of hydrogen-bond donors (Lipinski definition) is 1. The number of amides is 1. The Morgan fingerprint density at radius 1 is 1.09 bits per heavy atom. The summed E-state index contributed by atoms with van der Waals surface area (Å²) in [5.74, 6) is -0.141. The Labute approximate surface area is 140 Å². The lowest BCUT2D eigenvalue weighted by Gasteiger charge is -2.18. The molecule has 2 nitrogen and oxygen atoms in total. The van der Waals surface area contributed by atoms with E-state index in [0.29, 0.717) is 0 Å². The van der Waals surface area contributed by atoms with Gasteiger partial charge in [0, 0.05) is 16.2 Å². The van der Waals surface area contributed by atoms with Crippen molar-refractivity contribution in [3.63, 3.8) is 0 Å². The van der Waals surface area contributed by atoms with Crippen molar-refractivity contribution in [1.29, 1.82) is 0 Å². The highest BCUT2D eigenvalue weighted by molar-refractivity contribution is 9.10. The number of carbonyl (C=O) groups excluding carboxylic acids is 1. The van der Waals surface area contributed by atoms with Crippen molar-refractivity contribution < 1.29 is 4.79 Å². The number of nitrogens with one attached hydrogen (secondary N) is 1. The molecule has 0 spiro atoms. The first-order chi connectivity index (χ1) is 10.3. The summed E-state index contributed by atoms with van der Waals surface area (Å²) in [5.41, 5.74) is 3.20. The van der Waals surface area contributed by atoms with Gasteiger partial charge in [0.05, 0.1) is 0 Å². The molecule has 114 valence electrons. The van der Waals surface area contributed by atoms with Gasteiger partial charge in [-0.05, 0) is 40.8 Å². The summed E-state index contributed by atoms with van der Waals surface area (Å²) in [4.78, 5) is 11.9. The fraction of sp³-hybridized carbons (Fsp3) is 0.211. The molecule has 0 aromatic heterocycles. The molecule has 0 fully saturated rings. The summed E-state index contributed by atoms with van der Waals surface area (Å²) in [6.07, 6.45) is 3.37. The molecule has 1 N–H and O–H groups in total. The van der Waals surface area contributed by atoms with Crippen molar-refractivity contribution >= 4 is 33.6 Å². The smallest absolute Gasteiger partial charge is 0.248 e. The highest BCUT2D eigenvalue weighted by Crippen LogP contribution is 2.22. The Balaban J connectivity index is 2.00. The van der Waals surface area contributed by atoms with Gasteiger partial charge in [-0.15, -0.1) is 0 Å². The Bertz CT molecular complexity index is 681. The summed E-state index contributed by atoms with van der Waals surface area (Å²) >= 11 is 3.38. The first-order valence-corrected chi connectivity index (χ1v) is 7.99. The third-order valence-electron chi connectivity index (χ3n) is 3.30. The number of rotatable bonds is 3. The Hall–Kier alpha value is -1.87. The standard InChI is InChI=1S/C19H20BrNO/c1-19(2,3)15-10-7-14(8-11-15)9-12-18(22)21-17-6-4-5-16(20)13-17/h4-13H,1-3H3,(H,21,22)/b12-9+. The highest BCUT2D eigenvalue weighted by Gasteiger charge is 2.12. The van der Waals surface area contributed by atoms with Crippen LogP contribution in [0.4, 0.5) is 5.69 Å². The fourth-order valence-corrected chi connectivity index (χ4v) is 2.42. The summed E-state index contributed by atoms with van der Waals surface area (Å²) in [6.45, 7) is 6.55. The first-order valence-electron chi connectivity index (χ1n) is 7.20. The summed E-state index contributed by atoms with van der Waals surface area (Å²) in [6, 6.07) is 15.8. The second-order valence-corrected chi connectivity index (χ2v) is 7.12. The largest absolute Gasteiger partial charge is 0.322 e. The van der Waals surface area contributed by atoms with Crippen molar-refractivity contribution in [1.82, 2.24) is 0 Å². The van der Waals surface area contributed by atoms with Gasteiger partial charge in [0.25, 0.3) is 0 Å². The van der Waals surface area contributed by atoms with Gasteiger partial charge in [0.15, 0.2) is 0 Å². The van der Waals surface area contributed by atoms with Gasteiger partial charge in [0.1, 0.15) is 0 Å². The molecular formula is C19H20BrNO. The lowest BCUT2D eigenvalue weighted by atomic mass is 9.87. The van der Waals surface area contributed by atoms with E-state index in [2.05, 4.69) is 54.2 Å². The molecule has 0 aliphatic heterocycles. The second-order valence-electron chi connectivity index (χ2n) is 6.20. The van der Waals surface area contributed by atoms with Crippen molar-refractivity contribution in [2.45, 2.75) is 26.2 Å². The van der Waals surface area contributed by atoms with Crippen molar-refractivity contribution in [2.24, 2.45) is 0 Å². The van der Waals surface area contributed by atoms with Crippen LogP contribution in [-0.2, 0) is 10.2 Å².